The topological polar surface area (TPSA) is 82.2 Å². The van der Waals surface area contributed by atoms with Crippen LogP contribution in [0.1, 0.15) is 16.9 Å². The molecule has 0 aliphatic carbocycles. The Bertz CT molecular complexity index is 1240. The first-order chi connectivity index (χ1) is 16.0. The molecule has 0 aliphatic heterocycles. The first kappa shape index (κ1) is 22.9. The molecule has 0 radical (unpaired) electrons. The number of ether oxygens (including phenoxy) is 1. The lowest BCUT2D eigenvalue weighted by atomic mass is 10.1. The van der Waals surface area contributed by atoms with Crippen molar-refractivity contribution >= 4 is 29.3 Å². The number of nitrogens with one attached hydrogen (secondary N) is 1. The highest BCUT2D eigenvalue weighted by molar-refractivity contribution is 7.99. The van der Waals surface area contributed by atoms with Crippen molar-refractivity contribution in [2.24, 2.45) is 0 Å². The van der Waals surface area contributed by atoms with Crippen LogP contribution in [0.3, 0.4) is 0 Å². The molecule has 9 heteroatoms. The van der Waals surface area contributed by atoms with Gasteiger partial charge in [0.2, 0.25) is 5.91 Å². The minimum atomic E-state index is -0.133. The average molecular weight is 483 g/mol. The van der Waals surface area contributed by atoms with Crippen molar-refractivity contribution in [2.75, 3.05) is 12.9 Å². The molecule has 2 aromatic heterocycles. The molecular weight excluding hydrogens is 460 g/mol. The van der Waals surface area contributed by atoms with Gasteiger partial charge in [0, 0.05) is 22.7 Å². The highest BCUT2D eigenvalue weighted by Crippen LogP contribution is 2.26. The number of nitrogens with zero attached hydrogens (tertiary/aromatic N) is 3. The maximum absolute atomic E-state index is 12.5. The van der Waals surface area contributed by atoms with Crippen molar-refractivity contribution in [3.8, 4) is 17.1 Å². The largest absolute Gasteiger partial charge is 0.496 e. The van der Waals surface area contributed by atoms with Gasteiger partial charge >= 0.3 is 0 Å². The minimum Gasteiger partial charge on any atom is -0.496 e. The molecule has 170 valence electrons. The van der Waals surface area contributed by atoms with Crippen LogP contribution in [0.25, 0.3) is 11.4 Å². The van der Waals surface area contributed by atoms with Crippen LogP contribution < -0.4 is 10.1 Å². The van der Waals surface area contributed by atoms with Crippen molar-refractivity contribution in [2.45, 2.75) is 25.2 Å². The number of hydrogen-bond acceptors (Lipinski definition) is 6. The van der Waals surface area contributed by atoms with Gasteiger partial charge in [0.25, 0.3) is 0 Å². The second-order valence-corrected chi connectivity index (χ2v) is 8.74. The maximum Gasteiger partial charge on any atom is 0.230 e. The van der Waals surface area contributed by atoms with E-state index in [2.05, 4.69) is 21.6 Å². The van der Waals surface area contributed by atoms with E-state index in [4.69, 9.17) is 20.8 Å². The summed E-state index contributed by atoms with van der Waals surface area (Å²) in [6.07, 6.45) is 1.64. The number of thioether (sulfide) groups is 1. The Morgan fingerprint density at radius 1 is 1.18 bits per heavy atom. The van der Waals surface area contributed by atoms with E-state index in [9.17, 15) is 4.79 Å². The Balaban J connectivity index is 1.47. The van der Waals surface area contributed by atoms with E-state index < -0.39 is 0 Å². The smallest absolute Gasteiger partial charge is 0.230 e. The zero-order valence-corrected chi connectivity index (χ0v) is 19.8. The number of benzene rings is 2. The molecule has 2 heterocycles. The summed E-state index contributed by atoms with van der Waals surface area (Å²) in [6.45, 7) is 2.81. The summed E-state index contributed by atoms with van der Waals surface area (Å²) in [5, 5.41) is 12.9. The fraction of sp³-hybridized carbons (Fsp3) is 0.208. The van der Waals surface area contributed by atoms with E-state index in [1.54, 1.807) is 31.6 Å². The number of carbonyl (C=O) groups excluding carboxylic acids is 1. The van der Waals surface area contributed by atoms with Gasteiger partial charge < -0.3 is 14.5 Å². The SMILES string of the molecule is COc1ccc(Cl)cc1CNC(=O)CSc1nnc(-c2cccc(C)c2)n1Cc1ccco1. The summed E-state index contributed by atoms with van der Waals surface area (Å²) in [6, 6.07) is 17.1. The lowest BCUT2D eigenvalue weighted by Crippen LogP contribution is -2.25. The molecule has 0 unspecified atom stereocenters. The standard InChI is InChI=1S/C24H23ClN4O3S/c1-16-5-3-6-17(11-16)23-27-28-24(29(23)14-20-7-4-10-32-20)33-15-22(30)26-13-18-12-19(25)8-9-21(18)31-2/h3-12H,13-15H2,1-2H3,(H,26,30). The highest BCUT2D eigenvalue weighted by atomic mass is 35.5. The van der Waals surface area contributed by atoms with E-state index >= 15 is 0 Å². The fourth-order valence-corrected chi connectivity index (χ4v) is 4.32. The van der Waals surface area contributed by atoms with E-state index in [0.29, 0.717) is 29.0 Å². The van der Waals surface area contributed by atoms with E-state index in [-0.39, 0.29) is 11.7 Å². The third-order valence-corrected chi connectivity index (χ3v) is 6.14. The van der Waals surface area contributed by atoms with Crippen LogP contribution in [-0.2, 0) is 17.9 Å². The van der Waals surface area contributed by atoms with Crippen molar-refractivity contribution in [3.05, 3.63) is 82.8 Å². The number of halogens is 1. The number of hydrogen-bond donors (Lipinski definition) is 1. The van der Waals surface area contributed by atoms with Crippen LogP contribution in [0.4, 0.5) is 0 Å². The van der Waals surface area contributed by atoms with Crippen molar-refractivity contribution in [3.63, 3.8) is 0 Å². The van der Waals surface area contributed by atoms with Crippen LogP contribution in [0, 0.1) is 6.92 Å². The molecule has 0 fully saturated rings. The summed E-state index contributed by atoms with van der Waals surface area (Å²) in [7, 11) is 1.59. The molecule has 4 rings (SSSR count). The Labute approximate surface area is 201 Å². The fourth-order valence-electron chi connectivity index (χ4n) is 3.35. The number of carbonyl (C=O) groups is 1. The van der Waals surface area contributed by atoms with E-state index in [0.717, 1.165) is 28.3 Å². The Morgan fingerprint density at radius 2 is 2.06 bits per heavy atom. The minimum absolute atomic E-state index is 0.133. The summed E-state index contributed by atoms with van der Waals surface area (Å²) < 4.78 is 12.8. The predicted octanol–water partition coefficient (Wildman–Crippen LogP) is 4.97. The summed E-state index contributed by atoms with van der Waals surface area (Å²) >= 11 is 7.39. The number of amides is 1. The highest BCUT2D eigenvalue weighted by Gasteiger charge is 2.17. The van der Waals surface area contributed by atoms with Crippen molar-refractivity contribution < 1.29 is 13.9 Å². The van der Waals surface area contributed by atoms with Gasteiger partial charge in [0.05, 0.1) is 25.7 Å². The maximum atomic E-state index is 12.5. The molecule has 1 amide bonds. The van der Waals surface area contributed by atoms with Crippen molar-refractivity contribution in [1.82, 2.24) is 20.1 Å². The number of aryl methyl sites for hydroxylation is 1. The molecule has 2 aromatic carbocycles. The third-order valence-electron chi connectivity index (χ3n) is 4.94. The third kappa shape index (κ3) is 5.77. The summed E-state index contributed by atoms with van der Waals surface area (Å²) in [4.78, 5) is 12.5. The number of furan rings is 1. The van der Waals surface area contributed by atoms with Gasteiger partial charge in [-0.3, -0.25) is 9.36 Å². The first-order valence-corrected chi connectivity index (χ1v) is 11.6. The predicted molar refractivity (Wildman–Crippen MR) is 129 cm³/mol. The number of aromatic nitrogens is 3. The molecule has 0 saturated heterocycles. The monoisotopic (exact) mass is 482 g/mol. The summed E-state index contributed by atoms with van der Waals surface area (Å²) in [5.74, 6) is 2.23. The van der Waals surface area contributed by atoms with Gasteiger partial charge in [-0.15, -0.1) is 10.2 Å². The van der Waals surface area contributed by atoms with Gasteiger partial charge in [0.15, 0.2) is 11.0 Å². The molecule has 1 N–H and O–H groups in total. The van der Waals surface area contributed by atoms with Gasteiger partial charge in [-0.1, -0.05) is 47.1 Å². The van der Waals surface area contributed by atoms with Gasteiger partial charge in [0.1, 0.15) is 11.5 Å². The molecule has 4 aromatic rings. The lowest BCUT2D eigenvalue weighted by Gasteiger charge is -2.11. The second-order valence-electron chi connectivity index (χ2n) is 7.36. The van der Waals surface area contributed by atoms with E-state index in [1.165, 1.54) is 11.8 Å². The van der Waals surface area contributed by atoms with Crippen LogP contribution >= 0.6 is 23.4 Å². The zero-order valence-electron chi connectivity index (χ0n) is 18.2. The zero-order chi connectivity index (χ0) is 23.2. The molecule has 33 heavy (non-hydrogen) atoms. The van der Waals surface area contributed by atoms with E-state index in [1.807, 2.05) is 41.8 Å². The van der Waals surface area contributed by atoms with Gasteiger partial charge in [-0.05, 0) is 43.3 Å². The molecular formula is C24H23ClN4O3S. The van der Waals surface area contributed by atoms with Crippen LogP contribution in [0.5, 0.6) is 5.75 Å². The number of methoxy groups -OCH3 is 1. The second kappa shape index (κ2) is 10.6. The molecule has 0 bridgehead atoms. The van der Waals surface area contributed by atoms with Crippen LogP contribution in [-0.4, -0.2) is 33.5 Å². The Morgan fingerprint density at radius 3 is 2.82 bits per heavy atom. The lowest BCUT2D eigenvalue weighted by molar-refractivity contribution is -0.118. The Hall–Kier alpha value is -3.23. The molecule has 0 atom stereocenters. The molecule has 0 saturated carbocycles. The molecule has 0 spiro atoms. The van der Waals surface area contributed by atoms with Crippen LogP contribution in [0.2, 0.25) is 5.02 Å². The van der Waals surface area contributed by atoms with Crippen LogP contribution in [0.15, 0.2) is 70.4 Å². The normalized spacial score (nSPS) is 10.9. The van der Waals surface area contributed by atoms with Gasteiger partial charge in [-0.2, -0.15) is 0 Å². The Kier molecular flexibility index (Phi) is 7.36. The average Bonchev–Trinajstić information content (AvgIpc) is 3.47. The quantitative estimate of drug-likeness (QED) is 0.339. The summed E-state index contributed by atoms with van der Waals surface area (Å²) in [5.41, 5.74) is 2.90. The number of rotatable bonds is 9. The molecule has 7 nitrogen and oxygen atoms in total. The first-order valence-electron chi connectivity index (χ1n) is 10.3. The van der Waals surface area contributed by atoms with Gasteiger partial charge in [-0.25, -0.2) is 0 Å². The van der Waals surface area contributed by atoms with Crippen molar-refractivity contribution in [1.29, 1.82) is 0 Å². The molecule has 0 aliphatic rings.